The number of aromatic nitrogens is 1. The van der Waals surface area contributed by atoms with Crippen molar-refractivity contribution >= 4 is 32.5 Å². The number of pyridine rings is 1. The van der Waals surface area contributed by atoms with Gasteiger partial charge in [0.25, 0.3) is 0 Å². The Morgan fingerprint density at radius 3 is 2.70 bits per heavy atom. The second kappa shape index (κ2) is 6.08. The maximum absolute atomic E-state index is 9.00. The van der Waals surface area contributed by atoms with Gasteiger partial charge in [-0.1, -0.05) is 15.9 Å². The van der Waals surface area contributed by atoms with Crippen LogP contribution in [0.4, 0.5) is 5.69 Å². The number of halogens is 1. The van der Waals surface area contributed by atoms with Crippen LogP contribution < -0.4 is 4.90 Å². The van der Waals surface area contributed by atoms with E-state index in [4.69, 9.17) is 5.11 Å². The number of hydrogen-bond acceptors (Lipinski definition) is 4. The molecule has 0 aliphatic carbocycles. The smallest absolute Gasteiger partial charge is 0.0723 e. The number of rotatable bonds is 3. The Morgan fingerprint density at radius 2 is 1.95 bits per heavy atom. The van der Waals surface area contributed by atoms with Crippen molar-refractivity contribution in [3.05, 3.63) is 34.9 Å². The van der Waals surface area contributed by atoms with Gasteiger partial charge in [0, 0.05) is 54.5 Å². The Hall–Kier alpha value is -1.17. The minimum atomic E-state index is 0.241. The first-order chi connectivity index (χ1) is 9.78. The van der Waals surface area contributed by atoms with Gasteiger partial charge in [0.2, 0.25) is 0 Å². The highest BCUT2D eigenvalue weighted by Gasteiger charge is 2.18. The Labute approximate surface area is 127 Å². The molecule has 2 heterocycles. The van der Waals surface area contributed by atoms with Crippen molar-refractivity contribution in [3.8, 4) is 0 Å². The van der Waals surface area contributed by atoms with Crippen molar-refractivity contribution in [1.29, 1.82) is 0 Å². The molecule has 0 amide bonds. The van der Waals surface area contributed by atoms with Crippen molar-refractivity contribution < 1.29 is 5.11 Å². The molecule has 3 rings (SSSR count). The van der Waals surface area contributed by atoms with Gasteiger partial charge in [0.15, 0.2) is 0 Å². The van der Waals surface area contributed by atoms with Crippen molar-refractivity contribution in [3.63, 3.8) is 0 Å². The van der Waals surface area contributed by atoms with Gasteiger partial charge in [-0.05, 0) is 24.3 Å². The van der Waals surface area contributed by atoms with Crippen molar-refractivity contribution in [1.82, 2.24) is 9.88 Å². The lowest BCUT2D eigenvalue weighted by Gasteiger charge is -2.36. The quantitative estimate of drug-likeness (QED) is 0.932. The molecule has 1 aromatic heterocycles. The molecule has 20 heavy (non-hydrogen) atoms. The van der Waals surface area contributed by atoms with E-state index in [-0.39, 0.29) is 6.61 Å². The van der Waals surface area contributed by atoms with Crippen molar-refractivity contribution in [2.75, 3.05) is 44.2 Å². The number of anilines is 1. The molecule has 0 atom stereocenters. The molecule has 0 radical (unpaired) electrons. The molecule has 0 saturated carbocycles. The van der Waals surface area contributed by atoms with Gasteiger partial charge in [0.05, 0.1) is 12.1 Å². The molecular weight excluding hydrogens is 318 g/mol. The van der Waals surface area contributed by atoms with Crippen LogP contribution in [0.15, 0.2) is 34.9 Å². The summed E-state index contributed by atoms with van der Waals surface area (Å²) < 4.78 is 1.08. The summed E-state index contributed by atoms with van der Waals surface area (Å²) in [4.78, 5) is 9.14. The fourth-order valence-corrected chi connectivity index (χ4v) is 3.09. The van der Waals surface area contributed by atoms with E-state index in [1.54, 1.807) is 0 Å². The van der Waals surface area contributed by atoms with Crippen LogP contribution in [0.3, 0.4) is 0 Å². The van der Waals surface area contributed by atoms with Crippen LogP contribution in [-0.2, 0) is 0 Å². The van der Waals surface area contributed by atoms with Gasteiger partial charge in [-0.15, -0.1) is 0 Å². The number of piperazine rings is 1. The number of aliphatic hydroxyl groups is 1. The first-order valence-corrected chi connectivity index (χ1v) is 7.69. The molecule has 106 valence electrons. The topological polar surface area (TPSA) is 39.6 Å². The lowest BCUT2D eigenvalue weighted by molar-refractivity contribution is 0.189. The predicted octanol–water partition coefficient (Wildman–Crippen LogP) is 2.11. The van der Waals surface area contributed by atoms with Crippen molar-refractivity contribution in [2.24, 2.45) is 0 Å². The molecule has 1 aromatic carbocycles. The molecular formula is C15H18BrN3O. The van der Waals surface area contributed by atoms with Crippen LogP contribution in [0.5, 0.6) is 0 Å². The Balaban J connectivity index is 1.86. The number of hydrogen-bond donors (Lipinski definition) is 1. The van der Waals surface area contributed by atoms with E-state index >= 15 is 0 Å². The lowest BCUT2D eigenvalue weighted by Crippen LogP contribution is -2.47. The highest BCUT2D eigenvalue weighted by Crippen LogP contribution is 2.28. The summed E-state index contributed by atoms with van der Waals surface area (Å²) in [5, 5.41) is 10.2. The van der Waals surface area contributed by atoms with Crippen LogP contribution >= 0.6 is 15.9 Å². The van der Waals surface area contributed by atoms with E-state index < -0.39 is 0 Å². The van der Waals surface area contributed by atoms with E-state index in [0.717, 1.165) is 42.7 Å². The largest absolute Gasteiger partial charge is 0.395 e. The second-order valence-electron chi connectivity index (χ2n) is 5.04. The summed E-state index contributed by atoms with van der Waals surface area (Å²) in [5.41, 5.74) is 2.28. The highest BCUT2D eigenvalue weighted by molar-refractivity contribution is 9.10. The molecule has 1 aliphatic rings. The fourth-order valence-electron chi connectivity index (χ4n) is 2.73. The number of nitrogens with zero attached hydrogens (tertiary/aromatic N) is 3. The third kappa shape index (κ3) is 2.80. The minimum Gasteiger partial charge on any atom is -0.395 e. The molecule has 2 aromatic rings. The van der Waals surface area contributed by atoms with Gasteiger partial charge < -0.3 is 10.0 Å². The highest BCUT2D eigenvalue weighted by atomic mass is 79.9. The van der Waals surface area contributed by atoms with E-state index in [1.807, 2.05) is 18.3 Å². The summed E-state index contributed by atoms with van der Waals surface area (Å²) in [5.74, 6) is 0. The number of aliphatic hydroxyl groups excluding tert-OH is 1. The van der Waals surface area contributed by atoms with Gasteiger partial charge >= 0.3 is 0 Å². The van der Waals surface area contributed by atoms with Crippen molar-refractivity contribution in [2.45, 2.75) is 0 Å². The van der Waals surface area contributed by atoms with E-state index in [2.05, 4.69) is 42.8 Å². The van der Waals surface area contributed by atoms with Gasteiger partial charge in [-0.25, -0.2) is 0 Å². The molecule has 1 aliphatic heterocycles. The molecule has 0 bridgehead atoms. The Morgan fingerprint density at radius 1 is 1.15 bits per heavy atom. The SMILES string of the molecule is OCCN1CCN(c2ccnc3ccc(Br)cc23)CC1. The maximum Gasteiger partial charge on any atom is 0.0723 e. The third-order valence-corrected chi connectivity index (χ3v) is 4.30. The lowest BCUT2D eigenvalue weighted by atomic mass is 10.1. The summed E-state index contributed by atoms with van der Waals surface area (Å²) in [6, 6.07) is 8.30. The number of fused-ring (bicyclic) bond motifs is 1. The summed E-state index contributed by atoms with van der Waals surface area (Å²) >= 11 is 3.54. The molecule has 1 fully saturated rings. The molecule has 5 heteroatoms. The van der Waals surface area contributed by atoms with Crippen LogP contribution in [0, 0.1) is 0 Å². The zero-order valence-corrected chi connectivity index (χ0v) is 12.9. The normalized spacial score (nSPS) is 16.8. The Bertz CT molecular complexity index is 597. The van der Waals surface area contributed by atoms with Crippen LogP contribution in [0.1, 0.15) is 0 Å². The summed E-state index contributed by atoms with van der Waals surface area (Å²) in [6.45, 7) is 5.00. The monoisotopic (exact) mass is 335 g/mol. The zero-order chi connectivity index (χ0) is 13.9. The van der Waals surface area contributed by atoms with Gasteiger partial charge in [-0.3, -0.25) is 9.88 Å². The average molecular weight is 336 g/mol. The molecule has 0 unspecified atom stereocenters. The van der Waals surface area contributed by atoms with Crippen LogP contribution in [0.2, 0.25) is 0 Å². The van der Waals surface area contributed by atoms with Gasteiger partial charge in [-0.2, -0.15) is 0 Å². The minimum absolute atomic E-state index is 0.241. The summed E-state index contributed by atoms with van der Waals surface area (Å²) in [6.07, 6.45) is 1.88. The summed E-state index contributed by atoms with van der Waals surface area (Å²) in [7, 11) is 0. The Kier molecular flexibility index (Phi) is 4.19. The standard InChI is InChI=1S/C15H18BrN3O/c16-12-1-2-14-13(11-12)15(3-4-17-14)19-7-5-18(6-8-19)9-10-20/h1-4,11,20H,5-10H2. The van der Waals surface area contributed by atoms with Gasteiger partial charge in [0.1, 0.15) is 0 Å². The van der Waals surface area contributed by atoms with Crippen LogP contribution in [0.25, 0.3) is 10.9 Å². The first-order valence-electron chi connectivity index (χ1n) is 6.90. The zero-order valence-electron chi connectivity index (χ0n) is 11.3. The predicted molar refractivity (Wildman–Crippen MR) is 85.2 cm³/mol. The van der Waals surface area contributed by atoms with E-state index in [1.165, 1.54) is 11.1 Å². The molecule has 0 spiro atoms. The number of benzene rings is 1. The first kappa shape index (κ1) is 13.8. The second-order valence-corrected chi connectivity index (χ2v) is 5.96. The number of β-amino-alcohol motifs (C(OH)–C–C–N with tert-alkyl or cyclic N) is 1. The van der Waals surface area contributed by atoms with Crippen LogP contribution in [-0.4, -0.2) is 54.3 Å². The van der Waals surface area contributed by atoms with E-state index in [9.17, 15) is 0 Å². The fraction of sp³-hybridized carbons (Fsp3) is 0.400. The maximum atomic E-state index is 9.00. The molecule has 1 saturated heterocycles. The average Bonchev–Trinajstić information content (AvgIpc) is 2.48. The molecule has 4 nitrogen and oxygen atoms in total. The third-order valence-electron chi connectivity index (χ3n) is 3.81. The van der Waals surface area contributed by atoms with E-state index in [0.29, 0.717) is 0 Å². The molecule has 1 N–H and O–H groups in total.